The smallest absolute Gasteiger partial charge is 0.308 e. The lowest BCUT2D eigenvalue weighted by atomic mass is 10.2. The molecule has 1 aromatic carbocycles. The molecular weight excluding hydrogens is 216 g/mol. The molecule has 4 heteroatoms. The summed E-state index contributed by atoms with van der Waals surface area (Å²) in [5, 5.41) is -0.529. The third-order valence-electron chi connectivity index (χ3n) is 1.55. The summed E-state index contributed by atoms with van der Waals surface area (Å²) >= 11 is 5.13. The van der Waals surface area contributed by atoms with Gasteiger partial charge in [0, 0.05) is 6.92 Å². The van der Waals surface area contributed by atoms with Gasteiger partial charge in [-0.25, -0.2) is 0 Å². The molecule has 15 heavy (non-hydrogen) atoms. The molecule has 0 aromatic heterocycles. The van der Waals surface area contributed by atoms with Gasteiger partial charge in [-0.1, -0.05) is 18.2 Å². The van der Waals surface area contributed by atoms with Crippen LogP contribution in [0.15, 0.2) is 30.3 Å². The number of allylic oxidation sites excluding steroid dienone is 1. The summed E-state index contributed by atoms with van der Waals surface area (Å²) in [6, 6.07) is 6.71. The first kappa shape index (κ1) is 11.5. The number of carbonyl (C=O) groups is 2. The summed E-state index contributed by atoms with van der Waals surface area (Å²) in [5.74, 6) is 0.103. The summed E-state index contributed by atoms with van der Waals surface area (Å²) < 4.78 is 4.84. The zero-order valence-corrected chi connectivity index (χ0v) is 8.82. The third-order valence-corrected chi connectivity index (χ3v) is 1.67. The number of benzene rings is 1. The SMILES string of the molecule is CC(=O)Oc1ccc(/C=C\C(=O)Cl)cc1. The van der Waals surface area contributed by atoms with E-state index >= 15 is 0 Å². The summed E-state index contributed by atoms with van der Waals surface area (Å²) in [4.78, 5) is 21.1. The van der Waals surface area contributed by atoms with Crippen LogP contribution in [0.1, 0.15) is 12.5 Å². The predicted octanol–water partition coefficient (Wildman–Crippen LogP) is 2.39. The van der Waals surface area contributed by atoms with Gasteiger partial charge in [-0.05, 0) is 35.4 Å². The third kappa shape index (κ3) is 4.42. The highest BCUT2D eigenvalue weighted by Gasteiger charge is 1.96. The monoisotopic (exact) mass is 224 g/mol. The Morgan fingerprint density at radius 1 is 1.27 bits per heavy atom. The van der Waals surface area contributed by atoms with Crippen molar-refractivity contribution in [2.24, 2.45) is 0 Å². The van der Waals surface area contributed by atoms with Crippen molar-refractivity contribution in [2.45, 2.75) is 6.92 Å². The molecule has 1 rings (SSSR count). The van der Waals surface area contributed by atoms with E-state index in [0.29, 0.717) is 5.75 Å². The molecule has 0 radical (unpaired) electrons. The molecule has 0 spiro atoms. The van der Waals surface area contributed by atoms with E-state index in [1.165, 1.54) is 13.0 Å². The van der Waals surface area contributed by atoms with Crippen LogP contribution in [0.3, 0.4) is 0 Å². The number of carbonyl (C=O) groups excluding carboxylic acids is 2. The van der Waals surface area contributed by atoms with Gasteiger partial charge in [-0.15, -0.1) is 0 Å². The van der Waals surface area contributed by atoms with Crippen LogP contribution in [0.25, 0.3) is 6.08 Å². The molecule has 0 N–H and O–H groups in total. The molecule has 0 bridgehead atoms. The minimum absolute atomic E-state index is 0.366. The molecule has 0 aliphatic rings. The number of hydrogen-bond donors (Lipinski definition) is 0. The molecule has 0 saturated heterocycles. The maximum Gasteiger partial charge on any atom is 0.308 e. The maximum absolute atomic E-state index is 10.6. The molecule has 0 fully saturated rings. The zero-order valence-electron chi connectivity index (χ0n) is 8.07. The molecule has 0 amide bonds. The van der Waals surface area contributed by atoms with E-state index in [9.17, 15) is 9.59 Å². The van der Waals surface area contributed by atoms with Gasteiger partial charge in [0.1, 0.15) is 5.75 Å². The highest BCUT2D eigenvalue weighted by molar-refractivity contribution is 6.66. The summed E-state index contributed by atoms with van der Waals surface area (Å²) in [6.45, 7) is 1.33. The molecule has 0 aliphatic heterocycles. The van der Waals surface area contributed by atoms with Crippen LogP contribution >= 0.6 is 11.6 Å². The fourth-order valence-corrected chi connectivity index (χ4v) is 1.04. The molecule has 0 atom stereocenters. The van der Waals surface area contributed by atoms with Crippen molar-refractivity contribution in [1.29, 1.82) is 0 Å². The van der Waals surface area contributed by atoms with Crippen molar-refractivity contribution >= 4 is 28.9 Å². The second-order valence-corrected chi connectivity index (χ2v) is 3.17. The van der Waals surface area contributed by atoms with Crippen LogP contribution in [-0.2, 0) is 9.59 Å². The van der Waals surface area contributed by atoms with Crippen LogP contribution in [0, 0.1) is 0 Å². The highest BCUT2D eigenvalue weighted by atomic mass is 35.5. The Balaban J connectivity index is 2.72. The van der Waals surface area contributed by atoms with Crippen LogP contribution < -0.4 is 4.74 Å². The number of halogens is 1. The van der Waals surface area contributed by atoms with Crippen molar-refractivity contribution in [1.82, 2.24) is 0 Å². The molecule has 0 saturated carbocycles. The van der Waals surface area contributed by atoms with E-state index in [4.69, 9.17) is 16.3 Å². The number of hydrogen-bond acceptors (Lipinski definition) is 3. The average Bonchev–Trinajstić information content (AvgIpc) is 2.16. The number of esters is 1. The predicted molar refractivity (Wildman–Crippen MR) is 57.6 cm³/mol. The van der Waals surface area contributed by atoms with Gasteiger partial charge in [-0.2, -0.15) is 0 Å². The van der Waals surface area contributed by atoms with E-state index in [1.54, 1.807) is 30.3 Å². The number of rotatable bonds is 3. The van der Waals surface area contributed by atoms with Crippen LogP contribution in [0.5, 0.6) is 5.75 Å². The minimum Gasteiger partial charge on any atom is -0.427 e. The summed E-state index contributed by atoms with van der Waals surface area (Å²) in [5.41, 5.74) is 0.805. The van der Waals surface area contributed by atoms with Crippen molar-refractivity contribution in [3.8, 4) is 5.75 Å². The van der Waals surface area contributed by atoms with Crippen LogP contribution in [0.4, 0.5) is 0 Å². The molecule has 1 aromatic rings. The number of ether oxygens (including phenoxy) is 1. The van der Waals surface area contributed by atoms with E-state index in [2.05, 4.69) is 0 Å². The summed E-state index contributed by atoms with van der Waals surface area (Å²) in [7, 11) is 0. The average molecular weight is 225 g/mol. The molecular formula is C11H9ClO3. The second kappa shape index (κ2) is 5.32. The summed E-state index contributed by atoms with van der Waals surface area (Å²) in [6.07, 6.45) is 2.83. The first-order chi connectivity index (χ1) is 7.08. The van der Waals surface area contributed by atoms with Gasteiger partial charge in [0.25, 0.3) is 0 Å². The van der Waals surface area contributed by atoms with Gasteiger partial charge in [0.2, 0.25) is 5.24 Å². The van der Waals surface area contributed by atoms with E-state index in [1.807, 2.05) is 0 Å². The quantitative estimate of drug-likeness (QED) is 0.343. The Morgan fingerprint density at radius 2 is 1.87 bits per heavy atom. The normalized spacial score (nSPS) is 10.3. The molecule has 3 nitrogen and oxygen atoms in total. The van der Waals surface area contributed by atoms with Crippen molar-refractivity contribution in [3.63, 3.8) is 0 Å². The molecule has 0 heterocycles. The van der Waals surface area contributed by atoms with Crippen molar-refractivity contribution < 1.29 is 14.3 Å². The van der Waals surface area contributed by atoms with Gasteiger partial charge < -0.3 is 4.74 Å². The van der Waals surface area contributed by atoms with E-state index < -0.39 is 5.24 Å². The van der Waals surface area contributed by atoms with Gasteiger partial charge in [-0.3, -0.25) is 9.59 Å². The van der Waals surface area contributed by atoms with Crippen molar-refractivity contribution in [3.05, 3.63) is 35.9 Å². The van der Waals surface area contributed by atoms with Crippen molar-refractivity contribution in [2.75, 3.05) is 0 Å². The Labute approximate surface area is 92.3 Å². The first-order valence-corrected chi connectivity index (χ1v) is 4.62. The minimum atomic E-state index is -0.529. The molecule has 78 valence electrons. The van der Waals surface area contributed by atoms with Gasteiger partial charge >= 0.3 is 5.97 Å². The highest BCUT2D eigenvalue weighted by Crippen LogP contribution is 2.13. The Bertz CT molecular complexity index is 393. The van der Waals surface area contributed by atoms with Crippen LogP contribution in [0.2, 0.25) is 0 Å². The molecule has 0 unspecified atom stereocenters. The lowest BCUT2D eigenvalue weighted by molar-refractivity contribution is -0.131. The Kier molecular flexibility index (Phi) is 4.06. The standard InChI is InChI=1S/C11H9ClO3/c1-8(13)15-10-5-2-9(3-6-10)4-7-11(12)14/h2-7H,1H3/b7-4-. The van der Waals surface area contributed by atoms with E-state index in [0.717, 1.165) is 5.56 Å². The molecule has 0 aliphatic carbocycles. The Hall–Kier alpha value is -1.61. The Morgan fingerprint density at radius 3 is 2.33 bits per heavy atom. The fraction of sp³-hybridized carbons (Fsp3) is 0.0909. The maximum atomic E-state index is 10.6. The van der Waals surface area contributed by atoms with Crippen LogP contribution in [-0.4, -0.2) is 11.2 Å². The first-order valence-electron chi connectivity index (χ1n) is 4.24. The largest absolute Gasteiger partial charge is 0.427 e. The second-order valence-electron chi connectivity index (χ2n) is 2.80. The topological polar surface area (TPSA) is 43.4 Å². The van der Waals surface area contributed by atoms with E-state index in [-0.39, 0.29) is 5.97 Å². The lowest BCUT2D eigenvalue weighted by Gasteiger charge is -2.00. The van der Waals surface area contributed by atoms with Gasteiger partial charge in [0.05, 0.1) is 0 Å². The zero-order chi connectivity index (χ0) is 11.3. The fourth-order valence-electron chi connectivity index (χ4n) is 0.975. The van der Waals surface area contributed by atoms with Gasteiger partial charge in [0.15, 0.2) is 0 Å². The lowest BCUT2D eigenvalue weighted by Crippen LogP contribution is -2.00.